The van der Waals surface area contributed by atoms with Crippen molar-refractivity contribution in [2.75, 3.05) is 13.2 Å². The Morgan fingerprint density at radius 2 is 1.45 bits per heavy atom. The van der Waals surface area contributed by atoms with E-state index in [0.717, 1.165) is 16.0 Å². The van der Waals surface area contributed by atoms with Crippen LogP contribution in [0.1, 0.15) is 52.1 Å². The number of benzene rings is 2. The first-order chi connectivity index (χ1) is 14.8. The summed E-state index contributed by atoms with van der Waals surface area (Å²) in [5, 5.41) is 0. The fourth-order valence-electron chi connectivity index (χ4n) is 3.35. The maximum absolute atomic E-state index is 12.9. The van der Waals surface area contributed by atoms with Crippen LogP contribution in [-0.4, -0.2) is 41.8 Å². The van der Waals surface area contributed by atoms with Crippen molar-refractivity contribution in [1.82, 2.24) is 4.90 Å². The van der Waals surface area contributed by atoms with Gasteiger partial charge in [-0.2, -0.15) is 0 Å². The van der Waals surface area contributed by atoms with E-state index < -0.39 is 29.2 Å². The summed E-state index contributed by atoms with van der Waals surface area (Å²) in [6, 6.07) is 14.0. The van der Waals surface area contributed by atoms with Gasteiger partial charge in [-0.3, -0.25) is 24.1 Å². The molecule has 0 bridgehead atoms. The Labute approximate surface area is 180 Å². The van der Waals surface area contributed by atoms with Crippen LogP contribution in [-0.2, 0) is 25.7 Å². The molecule has 1 atom stereocenters. The Morgan fingerprint density at radius 1 is 0.903 bits per heavy atom. The first kappa shape index (κ1) is 22.2. The molecule has 2 amide bonds. The van der Waals surface area contributed by atoms with Crippen molar-refractivity contribution in [2.45, 2.75) is 33.8 Å². The second-order valence-electron chi connectivity index (χ2n) is 7.67. The number of carbonyl (C=O) groups is 4. The molecule has 7 heteroatoms. The van der Waals surface area contributed by atoms with E-state index in [1.54, 1.807) is 31.2 Å². The topological polar surface area (TPSA) is 90.0 Å². The van der Waals surface area contributed by atoms with Gasteiger partial charge in [0.05, 0.1) is 17.7 Å². The number of imide groups is 1. The van der Waals surface area contributed by atoms with Gasteiger partial charge in [0.2, 0.25) is 0 Å². The quantitative estimate of drug-likeness (QED) is 0.368. The highest BCUT2D eigenvalue weighted by Crippen LogP contribution is 2.29. The average molecular weight is 423 g/mol. The Morgan fingerprint density at radius 3 is 2.00 bits per heavy atom. The number of hydrogen-bond acceptors (Lipinski definition) is 6. The molecule has 3 rings (SSSR count). The van der Waals surface area contributed by atoms with E-state index in [1.807, 2.05) is 31.2 Å². The highest BCUT2D eigenvalue weighted by atomic mass is 16.6. The van der Waals surface area contributed by atoms with Crippen LogP contribution in [0.3, 0.4) is 0 Å². The molecule has 2 aromatic carbocycles. The molecule has 0 unspecified atom stereocenters. The van der Waals surface area contributed by atoms with Gasteiger partial charge in [0.1, 0.15) is 6.61 Å². The molecule has 0 spiro atoms. The summed E-state index contributed by atoms with van der Waals surface area (Å²) in [5.74, 6) is -2.40. The predicted molar refractivity (Wildman–Crippen MR) is 112 cm³/mol. The van der Waals surface area contributed by atoms with Crippen LogP contribution in [0.25, 0.3) is 0 Å². The molecule has 162 valence electrons. The van der Waals surface area contributed by atoms with Crippen LogP contribution in [0, 0.1) is 12.3 Å². The fourth-order valence-corrected chi connectivity index (χ4v) is 3.35. The number of amides is 2. The fraction of sp³-hybridized carbons (Fsp3) is 0.333. The summed E-state index contributed by atoms with van der Waals surface area (Å²) in [5.41, 5.74) is 0.827. The van der Waals surface area contributed by atoms with Crippen molar-refractivity contribution >= 4 is 23.8 Å². The third-order valence-electron chi connectivity index (χ3n) is 5.38. The minimum absolute atomic E-state index is 0.00112. The van der Waals surface area contributed by atoms with E-state index in [-0.39, 0.29) is 26.2 Å². The molecule has 1 aliphatic rings. The molecule has 0 radical (unpaired) electrons. The third-order valence-corrected chi connectivity index (χ3v) is 5.38. The highest BCUT2D eigenvalue weighted by Gasteiger charge is 2.46. The Hall–Kier alpha value is -3.48. The number of aryl methyl sites for hydroxylation is 1. The van der Waals surface area contributed by atoms with Crippen LogP contribution in [0.2, 0.25) is 0 Å². The van der Waals surface area contributed by atoms with Gasteiger partial charge in [0, 0.05) is 6.54 Å². The molecule has 0 aliphatic carbocycles. The van der Waals surface area contributed by atoms with Crippen LogP contribution in [0.4, 0.5) is 0 Å². The summed E-state index contributed by atoms with van der Waals surface area (Å²) in [6.07, 6.45) is -0.107. The molecule has 31 heavy (non-hydrogen) atoms. The highest BCUT2D eigenvalue weighted by molar-refractivity contribution is 6.21. The van der Waals surface area contributed by atoms with Crippen molar-refractivity contribution < 1.29 is 28.7 Å². The zero-order valence-corrected chi connectivity index (χ0v) is 17.8. The monoisotopic (exact) mass is 423 g/mol. The lowest BCUT2D eigenvalue weighted by atomic mass is 9.86. The van der Waals surface area contributed by atoms with Crippen molar-refractivity contribution in [3.63, 3.8) is 0 Å². The Bertz CT molecular complexity index is 978. The van der Waals surface area contributed by atoms with Crippen LogP contribution >= 0.6 is 0 Å². The molecule has 1 heterocycles. The average Bonchev–Trinajstić information content (AvgIpc) is 3.01. The number of hydrogen-bond donors (Lipinski definition) is 0. The normalized spacial score (nSPS) is 14.7. The maximum Gasteiger partial charge on any atom is 0.323 e. The van der Waals surface area contributed by atoms with E-state index in [4.69, 9.17) is 9.47 Å². The SMILES string of the molecule is CCOC(=O)[C@](C)(CCN1C(=O)c2ccccc2C1=O)C(=O)OCc1ccc(C)cc1. The van der Waals surface area contributed by atoms with E-state index in [1.165, 1.54) is 6.92 Å². The van der Waals surface area contributed by atoms with Crippen molar-refractivity contribution in [2.24, 2.45) is 5.41 Å². The largest absolute Gasteiger partial charge is 0.465 e. The molecule has 0 saturated heterocycles. The van der Waals surface area contributed by atoms with Gasteiger partial charge in [0.15, 0.2) is 5.41 Å². The molecule has 7 nitrogen and oxygen atoms in total. The first-order valence-corrected chi connectivity index (χ1v) is 10.1. The molecule has 0 N–H and O–H groups in total. The number of ether oxygens (including phenoxy) is 2. The van der Waals surface area contributed by atoms with Gasteiger partial charge in [-0.25, -0.2) is 0 Å². The van der Waals surface area contributed by atoms with Crippen LogP contribution in [0.5, 0.6) is 0 Å². The summed E-state index contributed by atoms with van der Waals surface area (Å²) < 4.78 is 10.5. The number of esters is 2. The smallest absolute Gasteiger partial charge is 0.323 e. The third kappa shape index (κ3) is 4.50. The van der Waals surface area contributed by atoms with Crippen molar-refractivity contribution in [1.29, 1.82) is 0 Å². The predicted octanol–water partition coefficient (Wildman–Crippen LogP) is 3.29. The van der Waals surface area contributed by atoms with Gasteiger partial charge >= 0.3 is 11.9 Å². The minimum atomic E-state index is -1.66. The second kappa shape index (κ2) is 9.12. The number of fused-ring (bicyclic) bond motifs is 1. The van der Waals surface area contributed by atoms with Gasteiger partial charge in [0.25, 0.3) is 11.8 Å². The van der Waals surface area contributed by atoms with Crippen molar-refractivity contribution in [3.8, 4) is 0 Å². The van der Waals surface area contributed by atoms with Gasteiger partial charge < -0.3 is 9.47 Å². The molecule has 0 aromatic heterocycles. The molecule has 1 aliphatic heterocycles. The lowest BCUT2D eigenvalue weighted by Crippen LogP contribution is -2.43. The van der Waals surface area contributed by atoms with Gasteiger partial charge in [-0.05, 0) is 44.9 Å². The maximum atomic E-state index is 12.9. The number of carbonyl (C=O) groups excluding carboxylic acids is 4. The molecular formula is C24H25NO6. The Balaban J connectivity index is 1.73. The summed E-state index contributed by atoms with van der Waals surface area (Å²) in [6.45, 7) is 4.99. The van der Waals surface area contributed by atoms with Crippen LogP contribution < -0.4 is 0 Å². The summed E-state index contributed by atoms with van der Waals surface area (Å²) in [4.78, 5) is 51.8. The number of nitrogens with zero attached hydrogens (tertiary/aromatic N) is 1. The lowest BCUT2D eigenvalue weighted by molar-refractivity contribution is -0.172. The van der Waals surface area contributed by atoms with Crippen molar-refractivity contribution in [3.05, 3.63) is 70.8 Å². The molecular weight excluding hydrogens is 398 g/mol. The minimum Gasteiger partial charge on any atom is -0.465 e. The molecule has 2 aromatic rings. The molecule has 0 fully saturated rings. The summed E-state index contributed by atoms with van der Waals surface area (Å²) in [7, 11) is 0. The first-order valence-electron chi connectivity index (χ1n) is 10.1. The van der Waals surface area contributed by atoms with E-state index in [9.17, 15) is 19.2 Å². The van der Waals surface area contributed by atoms with Crippen LogP contribution in [0.15, 0.2) is 48.5 Å². The van der Waals surface area contributed by atoms with Gasteiger partial charge in [-0.15, -0.1) is 0 Å². The number of rotatable bonds is 8. The standard InChI is InChI=1S/C24H25NO6/c1-4-30-22(28)24(3,23(29)31-15-17-11-9-16(2)10-12-17)13-14-25-20(26)18-7-5-6-8-19(18)21(25)27/h5-12H,4,13-15H2,1-3H3/t24-/m0/s1. The summed E-state index contributed by atoms with van der Waals surface area (Å²) >= 11 is 0. The van der Waals surface area contributed by atoms with E-state index in [0.29, 0.717) is 11.1 Å². The zero-order chi connectivity index (χ0) is 22.6. The zero-order valence-electron chi connectivity index (χ0n) is 17.8. The lowest BCUT2D eigenvalue weighted by Gasteiger charge is -2.27. The Kier molecular flexibility index (Phi) is 6.53. The van der Waals surface area contributed by atoms with E-state index >= 15 is 0 Å². The second-order valence-corrected chi connectivity index (χ2v) is 7.67. The van der Waals surface area contributed by atoms with E-state index in [2.05, 4.69) is 0 Å². The molecule has 0 saturated carbocycles. The van der Waals surface area contributed by atoms with Gasteiger partial charge in [-0.1, -0.05) is 42.0 Å².